The maximum Gasteiger partial charge on any atom is 0.252 e. The maximum absolute atomic E-state index is 12.5. The molecule has 2 aromatic carbocycles. The van der Waals surface area contributed by atoms with Gasteiger partial charge in [0.1, 0.15) is 18.5 Å². The summed E-state index contributed by atoms with van der Waals surface area (Å²) in [5, 5.41) is 13.6. The van der Waals surface area contributed by atoms with Crippen molar-refractivity contribution in [1.82, 2.24) is 5.32 Å². The molecule has 0 fully saturated rings. The molecule has 0 bridgehead atoms. The van der Waals surface area contributed by atoms with Crippen molar-refractivity contribution in [2.45, 2.75) is 19.1 Å². The van der Waals surface area contributed by atoms with Gasteiger partial charge in [0.2, 0.25) is 0 Å². The summed E-state index contributed by atoms with van der Waals surface area (Å²) in [5.41, 5.74) is 2.05. The molecule has 1 aliphatic heterocycles. The van der Waals surface area contributed by atoms with E-state index in [0.717, 1.165) is 5.56 Å². The molecule has 0 aromatic heterocycles. The summed E-state index contributed by atoms with van der Waals surface area (Å²) in [5.74, 6) is 0.132. The molecule has 0 radical (unpaired) electrons. The van der Waals surface area contributed by atoms with Crippen LogP contribution in [0.2, 0.25) is 5.02 Å². The molecule has 0 saturated carbocycles. The number of ether oxygens (including phenoxy) is 1. The predicted molar refractivity (Wildman–Crippen MR) is 89.7 cm³/mol. The van der Waals surface area contributed by atoms with E-state index in [2.05, 4.69) is 5.32 Å². The summed E-state index contributed by atoms with van der Waals surface area (Å²) in [4.78, 5) is 23.6. The number of aliphatic hydroxyl groups excluding tert-OH is 1. The Balaban J connectivity index is 1.82. The zero-order chi connectivity index (χ0) is 17.3. The van der Waals surface area contributed by atoms with E-state index in [1.807, 2.05) is 19.1 Å². The molecule has 0 saturated heterocycles. The van der Waals surface area contributed by atoms with Crippen LogP contribution in [-0.2, 0) is 0 Å². The molecule has 3 rings (SSSR count). The fraction of sp³-hybridized carbons (Fsp3) is 0.222. The Labute approximate surface area is 144 Å². The molecule has 124 valence electrons. The molecule has 5 nitrogen and oxygen atoms in total. The van der Waals surface area contributed by atoms with Crippen LogP contribution in [0.15, 0.2) is 36.4 Å². The average Bonchev–Trinajstić information content (AvgIpc) is 2.57. The molecule has 6 heteroatoms. The minimum Gasteiger partial charge on any atom is -0.491 e. The van der Waals surface area contributed by atoms with Crippen molar-refractivity contribution < 1.29 is 19.4 Å². The van der Waals surface area contributed by atoms with E-state index in [0.29, 0.717) is 22.6 Å². The highest BCUT2D eigenvalue weighted by Crippen LogP contribution is 2.33. The topological polar surface area (TPSA) is 75.6 Å². The number of rotatable bonds is 3. The van der Waals surface area contributed by atoms with Crippen LogP contribution in [0.4, 0.5) is 0 Å². The molecule has 1 amide bonds. The molecule has 1 heterocycles. The number of aldehydes is 1. The Morgan fingerprint density at radius 2 is 2.12 bits per heavy atom. The minimum absolute atomic E-state index is 0.139. The summed E-state index contributed by atoms with van der Waals surface area (Å²) in [6, 6.07) is 9.33. The van der Waals surface area contributed by atoms with Crippen LogP contribution in [0.5, 0.6) is 5.75 Å². The number of carbonyl (C=O) groups excluding carboxylic acids is 2. The third kappa shape index (κ3) is 3.13. The van der Waals surface area contributed by atoms with Crippen LogP contribution in [0.3, 0.4) is 0 Å². The van der Waals surface area contributed by atoms with E-state index >= 15 is 0 Å². The first-order valence-corrected chi connectivity index (χ1v) is 7.84. The van der Waals surface area contributed by atoms with E-state index in [-0.39, 0.29) is 17.7 Å². The second-order valence-electron chi connectivity index (χ2n) is 5.73. The molecular weight excluding hydrogens is 330 g/mol. The summed E-state index contributed by atoms with van der Waals surface area (Å²) < 4.78 is 5.63. The standard InChI is InChI=1S/C18H16ClNO4/c1-10-2-5-13-16(6-10)24-9-15(17(13)22)20-18(23)14-7-12(19)4-3-11(14)8-21/h2-8,15,17,22H,9H2,1H3,(H,20,23). The normalized spacial score (nSPS) is 19.1. The number of fused-ring (bicyclic) bond motifs is 1. The number of carbonyl (C=O) groups is 2. The molecule has 0 spiro atoms. The Morgan fingerprint density at radius 1 is 1.33 bits per heavy atom. The first-order chi connectivity index (χ1) is 11.5. The lowest BCUT2D eigenvalue weighted by molar-refractivity contribution is 0.0616. The van der Waals surface area contributed by atoms with Crippen LogP contribution in [0.1, 0.15) is 37.9 Å². The Hall–Kier alpha value is -2.37. The van der Waals surface area contributed by atoms with Crippen molar-refractivity contribution in [2.24, 2.45) is 0 Å². The molecule has 2 atom stereocenters. The highest BCUT2D eigenvalue weighted by molar-refractivity contribution is 6.31. The number of halogens is 1. The lowest BCUT2D eigenvalue weighted by atomic mass is 9.97. The maximum atomic E-state index is 12.5. The van der Waals surface area contributed by atoms with E-state index in [1.165, 1.54) is 12.1 Å². The first-order valence-electron chi connectivity index (χ1n) is 7.46. The van der Waals surface area contributed by atoms with E-state index < -0.39 is 18.1 Å². The molecule has 2 unspecified atom stereocenters. The monoisotopic (exact) mass is 345 g/mol. The number of hydrogen-bond donors (Lipinski definition) is 2. The highest BCUT2D eigenvalue weighted by atomic mass is 35.5. The zero-order valence-electron chi connectivity index (χ0n) is 13.0. The van der Waals surface area contributed by atoms with Crippen molar-refractivity contribution in [2.75, 3.05) is 6.61 Å². The van der Waals surface area contributed by atoms with Crippen molar-refractivity contribution >= 4 is 23.8 Å². The van der Waals surface area contributed by atoms with Crippen LogP contribution >= 0.6 is 11.6 Å². The first kappa shape index (κ1) is 16.5. The van der Waals surface area contributed by atoms with Crippen molar-refractivity contribution in [1.29, 1.82) is 0 Å². The molecule has 24 heavy (non-hydrogen) atoms. The van der Waals surface area contributed by atoms with Crippen molar-refractivity contribution in [3.8, 4) is 5.75 Å². The Kier molecular flexibility index (Phi) is 4.55. The smallest absolute Gasteiger partial charge is 0.252 e. The summed E-state index contributed by atoms with van der Waals surface area (Å²) in [6.45, 7) is 2.07. The third-order valence-electron chi connectivity index (χ3n) is 3.99. The Morgan fingerprint density at radius 3 is 2.88 bits per heavy atom. The van der Waals surface area contributed by atoms with Crippen molar-refractivity contribution in [3.63, 3.8) is 0 Å². The number of hydrogen-bond acceptors (Lipinski definition) is 4. The van der Waals surface area contributed by atoms with Gasteiger partial charge in [-0.05, 0) is 36.8 Å². The summed E-state index contributed by atoms with van der Waals surface area (Å²) in [6.07, 6.45) is -0.297. The lowest BCUT2D eigenvalue weighted by Gasteiger charge is -2.31. The second kappa shape index (κ2) is 6.63. The van der Waals surface area contributed by atoms with Crippen LogP contribution in [0.25, 0.3) is 0 Å². The van der Waals surface area contributed by atoms with Gasteiger partial charge < -0.3 is 15.2 Å². The van der Waals surface area contributed by atoms with Crippen molar-refractivity contribution in [3.05, 3.63) is 63.7 Å². The largest absolute Gasteiger partial charge is 0.491 e. The van der Waals surface area contributed by atoms with E-state index in [1.54, 1.807) is 12.1 Å². The number of benzene rings is 2. The third-order valence-corrected chi connectivity index (χ3v) is 4.23. The zero-order valence-corrected chi connectivity index (χ0v) is 13.7. The molecular formula is C18H16ClNO4. The molecule has 0 aliphatic carbocycles. The average molecular weight is 346 g/mol. The Bertz CT molecular complexity index is 806. The van der Waals surface area contributed by atoms with Gasteiger partial charge in [0.05, 0.1) is 11.6 Å². The van der Waals surface area contributed by atoms with E-state index in [4.69, 9.17) is 16.3 Å². The van der Waals surface area contributed by atoms with Crippen LogP contribution in [0, 0.1) is 6.92 Å². The van der Waals surface area contributed by atoms with E-state index in [9.17, 15) is 14.7 Å². The van der Waals surface area contributed by atoms with Gasteiger partial charge in [0, 0.05) is 16.1 Å². The fourth-order valence-corrected chi connectivity index (χ4v) is 2.87. The van der Waals surface area contributed by atoms with Gasteiger partial charge in [-0.2, -0.15) is 0 Å². The molecule has 2 N–H and O–H groups in total. The highest BCUT2D eigenvalue weighted by Gasteiger charge is 2.31. The van der Waals surface area contributed by atoms with Gasteiger partial charge in [-0.25, -0.2) is 0 Å². The molecule has 2 aromatic rings. The van der Waals surface area contributed by atoms with Gasteiger partial charge >= 0.3 is 0 Å². The number of aliphatic hydroxyl groups is 1. The summed E-state index contributed by atoms with van der Waals surface area (Å²) in [7, 11) is 0. The predicted octanol–water partition coefficient (Wildman–Crippen LogP) is 2.69. The SMILES string of the molecule is Cc1ccc2c(c1)OCC(NC(=O)c1cc(Cl)ccc1C=O)C2O. The quantitative estimate of drug-likeness (QED) is 0.839. The van der Waals surface area contributed by atoms with Gasteiger partial charge in [0.15, 0.2) is 6.29 Å². The van der Waals surface area contributed by atoms with Gasteiger partial charge in [-0.15, -0.1) is 0 Å². The second-order valence-corrected chi connectivity index (χ2v) is 6.16. The number of nitrogens with one attached hydrogen (secondary N) is 1. The number of amides is 1. The van der Waals surface area contributed by atoms with Gasteiger partial charge in [-0.1, -0.05) is 23.7 Å². The van der Waals surface area contributed by atoms with Gasteiger partial charge in [0.25, 0.3) is 5.91 Å². The lowest BCUT2D eigenvalue weighted by Crippen LogP contribution is -2.45. The summed E-state index contributed by atoms with van der Waals surface area (Å²) >= 11 is 5.90. The van der Waals surface area contributed by atoms with Crippen LogP contribution in [-0.4, -0.2) is 29.9 Å². The molecule has 1 aliphatic rings. The number of aryl methyl sites for hydroxylation is 1. The fourth-order valence-electron chi connectivity index (χ4n) is 2.69. The minimum atomic E-state index is -0.892. The van der Waals surface area contributed by atoms with Crippen LogP contribution < -0.4 is 10.1 Å². The van der Waals surface area contributed by atoms with Gasteiger partial charge in [-0.3, -0.25) is 9.59 Å².